The third-order valence-electron chi connectivity index (χ3n) is 7.04. The molecule has 0 aliphatic rings. The maximum atomic E-state index is 14.4. The number of nitrogens with one attached hydrogen (secondary N) is 2. The van der Waals surface area contributed by atoms with Crippen LogP contribution >= 0.6 is 11.8 Å². The van der Waals surface area contributed by atoms with Gasteiger partial charge in [0, 0.05) is 32.5 Å². The first-order chi connectivity index (χ1) is 21.5. The molecule has 1 aromatic heterocycles. The Bertz CT molecular complexity index is 1980. The molecule has 5 aromatic carbocycles. The zero-order valence-electron chi connectivity index (χ0n) is 23.4. The Balaban J connectivity index is 1.16. The van der Waals surface area contributed by atoms with Crippen LogP contribution in [0.2, 0.25) is 0 Å². The van der Waals surface area contributed by atoms with Crippen molar-refractivity contribution in [3.05, 3.63) is 150 Å². The minimum absolute atomic E-state index is 0.0399. The number of fused-ring (bicyclic) bond motifs is 3. The third kappa shape index (κ3) is 6.16. The molecule has 1 heterocycles. The van der Waals surface area contributed by atoms with Crippen LogP contribution in [0.15, 0.2) is 138 Å². The van der Waals surface area contributed by atoms with Gasteiger partial charge in [0.2, 0.25) is 5.91 Å². The number of nitrogens with zero attached hydrogens (tertiary/aromatic N) is 1. The molecular formula is C36H26FN3O3S. The van der Waals surface area contributed by atoms with E-state index in [0.29, 0.717) is 11.3 Å². The lowest BCUT2D eigenvalue weighted by atomic mass is 10.1. The molecule has 0 fully saturated rings. The van der Waals surface area contributed by atoms with E-state index in [4.69, 9.17) is 0 Å². The van der Waals surface area contributed by atoms with E-state index < -0.39 is 17.6 Å². The van der Waals surface area contributed by atoms with Crippen molar-refractivity contribution in [2.75, 3.05) is 11.1 Å². The van der Waals surface area contributed by atoms with Gasteiger partial charge in [-0.15, -0.1) is 11.8 Å². The highest BCUT2D eigenvalue weighted by molar-refractivity contribution is 8.00. The third-order valence-corrected chi connectivity index (χ3v) is 8.03. The Labute approximate surface area is 257 Å². The van der Waals surface area contributed by atoms with Crippen LogP contribution in [0.3, 0.4) is 0 Å². The van der Waals surface area contributed by atoms with Crippen molar-refractivity contribution in [3.63, 3.8) is 0 Å². The van der Waals surface area contributed by atoms with Gasteiger partial charge in [-0.1, -0.05) is 72.8 Å². The van der Waals surface area contributed by atoms with Crippen molar-refractivity contribution in [3.8, 4) is 0 Å². The van der Waals surface area contributed by atoms with E-state index in [1.165, 1.54) is 30.0 Å². The minimum atomic E-state index is -0.612. The Morgan fingerprint density at radius 1 is 0.705 bits per heavy atom. The second kappa shape index (κ2) is 12.8. The fraction of sp³-hybridized carbons (Fsp3) is 0.0278. The highest BCUT2D eigenvalue weighted by atomic mass is 32.2. The largest absolute Gasteiger partial charge is 0.321 e. The Morgan fingerprint density at radius 3 is 1.95 bits per heavy atom. The Hall–Kier alpha value is -5.47. The molecule has 0 saturated heterocycles. The van der Waals surface area contributed by atoms with Crippen LogP contribution in [0.4, 0.5) is 10.1 Å². The van der Waals surface area contributed by atoms with Gasteiger partial charge in [-0.2, -0.15) is 0 Å². The topological polar surface area (TPSA) is 80.2 Å². The fourth-order valence-electron chi connectivity index (χ4n) is 4.92. The number of carbonyl (C=O) groups excluding carboxylic acids is 3. The Kier molecular flexibility index (Phi) is 8.34. The van der Waals surface area contributed by atoms with Crippen LogP contribution in [0, 0.1) is 5.82 Å². The van der Waals surface area contributed by atoms with Crippen molar-refractivity contribution >= 4 is 63.1 Å². The first-order valence-corrected chi connectivity index (χ1v) is 14.8. The summed E-state index contributed by atoms with van der Waals surface area (Å²) in [5, 5.41) is 7.44. The molecule has 0 aliphatic carbocycles. The second-order valence-electron chi connectivity index (χ2n) is 9.93. The number of aromatic nitrogens is 1. The summed E-state index contributed by atoms with van der Waals surface area (Å²) in [6, 6.07) is 37.2. The number of anilines is 1. The molecule has 6 nitrogen and oxygen atoms in total. The minimum Gasteiger partial charge on any atom is -0.321 e. The van der Waals surface area contributed by atoms with Crippen LogP contribution in [0.5, 0.6) is 0 Å². The standard InChI is InChI=1S/C36H26FN3O3S/c37-30-15-7-4-12-25(30)22-31(39-35(42)24-10-2-1-3-11-24)36(43)38-26-18-20-27(21-19-26)44-23-34(41)40-32-16-8-5-13-28(32)29-14-6-9-17-33(29)40/h1-22H,23H2,(H,38,43)(H,39,42)/b31-22-. The van der Waals surface area contributed by atoms with E-state index in [1.807, 2.05) is 60.7 Å². The summed E-state index contributed by atoms with van der Waals surface area (Å²) in [5.41, 5.74) is 2.62. The number of thioether (sulfide) groups is 1. The van der Waals surface area contributed by atoms with Gasteiger partial charge < -0.3 is 10.6 Å². The zero-order chi connectivity index (χ0) is 30.5. The first-order valence-electron chi connectivity index (χ1n) is 13.9. The summed E-state index contributed by atoms with van der Waals surface area (Å²) < 4.78 is 16.2. The molecular weight excluding hydrogens is 573 g/mol. The highest BCUT2D eigenvalue weighted by Crippen LogP contribution is 2.30. The average Bonchev–Trinajstić information content (AvgIpc) is 3.40. The molecule has 0 spiro atoms. The van der Waals surface area contributed by atoms with E-state index in [2.05, 4.69) is 10.6 Å². The molecule has 8 heteroatoms. The van der Waals surface area contributed by atoms with Gasteiger partial charge in [-0.05, 0) is 60.7 Å². The lowest BCUT2D eigenvalue weighted by Gasteiger charge is -2.12. The quantitative estimate of drug-likeness (QED) is 0.138. The fourth-order valence-corrected chi connectivity index (χ4v) is 5.67. The molecule has 6 aromatic rings. The number of para-hydroxylation sites is 2. The average molecular weight is 600 g/mol. The molecule has 0 saturated carbocycles. The molecule has 0 aliphatic heterocycles. The SMILES string of the molecule is O=C(Nc1ccc(SCC(=O)n2c3ccccc3c3ccccc32)cc1)/C(=C/c1ccccc1F)NC(=O)c1ccccc1. The summed E-state index contributed by atoms with van der Waals surface area (Å²) in [6.07, 6.45) is 1.30. The van der Waals surface area contributed by atoms with Crippen LogP contribution < -0.4 is 10.6 Å². The van der Waals surface area contributed by atoms with Crippen LogP contribution in [-0.2, 0) is 4.79 Å². The molecule has 216 valence electrons. The predicted molar refractivity (Wildman–Crippen MR) is 174 cm³/mol. The van der Waals surface area contributed by atoms with E-state index in [1.54, 1.807) is 59.2 Å². The van der Waals surface area contributed by atoms with Gasteiger partial charge in [-0.3, -0.25) is 19.0 Å². The molecule has 44 heavy (non-hydrogen) atoms. The van der Waals surface area contributed by atoms with Gasteiger partial charge in [0.15, 0.2) is 0 Å². The van der Waals surface area contributed by atoms with Crippen LogP contribution in [0.1, 0.15) is 20.7 Å². The molecule has 2 amide bonds. The van der Waals surface area contributed by atoms with Crippen LogP contribution in [0.25, 0.3) is 27.9 Å². The highest BCUT2D eigenvalue weighted by Gasteiger charge is 2.17. The van der Waals surface area contributed by atoms with E-state index in [9.17, 15) is 18.8 Å². The van der Waals surface area contributed by atoms with E-state index in [0.717, 1.165) is 26.7 Å². The van der Waals surface area contributed by atoms with Crippen molar-refractivity contribution < 1.29 is 18.8 Å². The molecule has 0 bridgehead atoms. The van der Waals surface area contributed by atoms with Gasteiger partial charge in [0.25, 0.3) is 11.8 Å². The number of hydrogen-bond donors (Lipinski definition) is 2. The maximum Gasteiger partial charge on any atom is 0.272 e. The van der Waals surface area contributed by atoms with Crippen molar-refractivity contribution in [2.24, 2.45) is 0 Å². The number of amides is 2. The molecule has 0 atom stereocenters. The van der Waals surface area contributed by atoms with Crippen LogP contribution in [-0.4, -0.2) is 28.0 Å². The molecule has 6 rings (SSSR count). The lowest BCUT2D eigenvalue weighted by Crippen LogP contribution is -2.30. The smallest absolute Gasteiger partial charge is 0.272 e. The number of benzene rings is 5. The number of rotatable bonds is 8. The zero-order valence-corrected chi connectivity index (χ0v) is 24.2. The summed E-state index contributed by atoms with van der Waals surface area (Å²) in [4.78, 5) is 40.3. The van der Waals surface area contributed by atoms with Gasteiger partial charge in [0.1, 0.15) is 11.5 Å². The van der Waals surface area contributed by atoms with E-state index in [-0.39, 0.29) is 22.9 Å². The maximum absolute atomic E-state index is 14.4. The Morgan fingerprint density at radius 2 is 1.30 bits per heavy atom. The van der Waals surface area contributed by atoms with E-state index >= 15 is 0 Å². The van der Waals surface area contributed by atoms with Gasteiger partial charge in [-0.25, -0.2) is 4.39 Å². The van der Waals surface area contributed by atoms with Gasteiger partial charge >= 0.3 is 0 Å². The molecule has 0 radical (unpaired) electrons. The summed E-state index contributed by atoms with van der Waals surface area (Å²) in [6.45, 7) is 0. The number of hydrogen-bond acceptors (Lipinski definition) is 4. The summed E-state index contributed by atoms with van der Waals surface area (Å²) in [5.74, 6) is -1.46. The monoisotopic (exact) mass is 599 g/mol. The lowest BCUT2D eigenvalue weighted by molar-refractivity contribution is -0.113. The predicted octanol–water partition coefficient (Wildman–Crippen LogP) is 7.78. The molecule has 2 N–H and O–H groups in total. The van der Waals surface area contributed by atoms with Crippen molar-refractivity contribution in [1.29, 1.82) is 0 Å². The summed E-state index contributed by atoms with van der Waals surface area (Å²) >= 11 is 1.39. The summed E-state index contributed by atoms with van der Waals surface area (Å²) in [7, 11) is 0. The first kappa shape index (κ1) is 28.6. The number of halogens is 1. The van der Waals surface area contributed by atoms with Gasteiger partial charge in [0.05, 0.1) is 16.8 Å². The normalized spacial score (nSPS) is 11.4. The molecule has 0 unspecified atom stereocenters. The van der Waals surface area contributed by atoms with Crippen molar-refractivity contribution in [1.82, 2.24) is 9.88 Å². The second-order valence-corrected chi connectivity index (χ2v) is 11.0. The van der Waals surface area contributed by atoms with Crippen molar-refractivity contribution in [2.45, 2.75) is 4.90 Å². The number of carbonyl (C=O) groups is 3.